The average Bonchev–Trinajstić information content (AvgIpc) is 2.92. The fourth-order valence-corrected chi connectivity index (χ4v) is 2.61. The summed E-state index contributed by atoms with van der Waals surface area (Å²) >= 11 is 0. The molecule has 1 N–H and O–H groups in total. The van der Waals surface area contributed by atoms with Crippen molar-refractivity contribution in [3.8, 4) is 5.75 Å². The molecule has 0 spiro atoms. The van der Waals surface area contributed by atoms with E-state index in [1.54, 1.807) is 0 Å². The van der Waals surface area contributed by atoms with Gasteiger partial charge in [-0.25, -0.2) is 4.98 Å². The lowest BCUT2D eigenvalue weighted by atomic mass is 10.2. The molecule has 0 aliphatic heterocycles. The Hall–Kier alpha value is -2.82. The van der Waals surface area contributed by atoms with Crippen LogP contribution in [-0.4, -0.2) is 22.6 Å². The third kappa shape index (κ3) is 3.34. The summed E-state index contributed by atoms with van der Waals surface area (Å²) in [6.45, 7) is 3.65. The Bertz CT molecular complexity index is 811. The molecule has 3 rings (SSSR count). The van der Waals surface area contributed by atoms with Crippen LogP contribution in [0, 0.1) is 6.92 Å². The molecule has 0 saturated heterocycles. The van der Waals surface area contributed by atoms with Gasteiger partial charge in [0, 0.05) is 0 Å². The number of carbonyl (C=O) groups is 1. The maximum Gasteiger partial charge on any atom is 0.207 e. The summed E-state index contributed by atoms with van der Waals surface area (Å²) < 4.78 is 7.97. The second kappa shape index (κ2) is 6.96. The Morgan fingerprint density at radius 3 is 2.78 bits per heavy atom. The highest BCUT2D eigenvalue weighted by molar-refractivity contribution is 5.75. The highest BCUT2D eigenvalue weighted by Gasteiger charge is 2.10. The van der Waals surface area contributed by atoms with Crippen LogP contribution < -0.4 is 10.1 Å². The quantitative estimate of drug-likeness (QED) is 0.683. The van der Waals surface area contributed by atoms with Gasteiger partial charge in [0.2, 0.25) is 6.41 Å². The van der Waals surface area contributed by atoms with Gasteiger partial charge in [0.15, 0.2) is 0 Å². The Morgan fingerprint density at radius 1 is 1.17 bits per heavy atom. The van der Waals surface area contributed by atoms with E-state index in [0.717, 1.165) is 28.2 Å². The smallest absolute Gasteiger partial charge is 0.207 e. The van der Waals surface area contributed by atoms with E-state index >= 15 is 0 Å². The van der Waals surface area contributed by atoms with Gasteiger partial charge in [0.1, 0.15) is 18.2 Å². The molecule has 2 aromatic carbocycles. The number of fused-ring (bicyclic) bond motifs is 1. The van der Waals surface area contributed by atoms with Crippen molar-refractivity contribution in [3.63, 3.8) is 0 Å². The summed E-state index contributed by atoms with van der Waals surface area (Å²) in [5, 5.41) is 2.68. The molecule has 0 aliphatic carbocycles. The molecule has 0 aliphatic rings. The van der Waals surface area contributed by atoms with Crippen LogP contribution in [0.3, 0.4) is 0 Å². The second-order valence-corrected chi connectivity index (χ2v) is 5.28. The van der Waals surface area contributed by atoms with E-state index in [-0.39, 0.29) is 0 Å². The molecule has 0 unspecified atom stereocenters. The number of nitrogens with zero attached hydrogens (tertiary/aromatic N) is 2. The third-order valence-corrected chi connectivity index (χ3v) is 3.74. The van der Waals surface area contributed by atoms with Crippen molar-refractivity contribution < 1.29 is 9.53 Å². The van der Waals surface area contributed by atoms with Crippen molar-refractivity contribution in [2.24, 2.45) is 0 Å². The zero-order chi connectivity index (χ0) is 16.1. The van der Waals surface area contributed by atoms with Crippen LogP contribution in [-0.2, 0) is 17.9 Å². The van der Waals surface area contributed by atoms with E-state index in [2.05, 4.69) is 14.9 Å². The number of amides is 1. The summed E-state index contributed by atoms with van der Waals surface area (Å²) in [7, 11) is 0. The van der Waals surface area contributed by atoms with E-state index in [4.69, 9.17) is 4.74 Å². The first-order valence-corrected chi connectivity index (χ1v) is 7.59. The molecule has 5 nitrogen and oxygen atoms in total. The lowest BCUT2D eigenvalue weighted by Gasteiger charge is -2.12. The molecule has 0 radical (unpaired) electrons. The van der Waals surface area contributed by atoms with Crippen molar-refractivity contribution in [2.75, 3.05) is 6.61 Å². The predicted molar refractivity (Wildman–Crippen MR) is 89.3 cm³/mol. The minimum Gasteiger partial charge on any atom is -0.491 e. The number of aryl methyl sites for hydroxylation is 1. The molecular weight excluding hydrogens is 290 g/mol. The van der Waals surface area contributed by atoms with Crippen molar-refractivity contribution in [1.29, 1.82) is 0 Å². The molecule has 1 heterocycles. The topological polar surface area (TPSA) is 56.1 Å². The molecule has 5 heteroatoms. The van der Waals surface area contributed by atoms with E-state index < -0.39 is 0 Å². The van der Waals surface area contributed by atoms with Gasteiger partial charge in [-0.3, -0.25) is 4.79 Å². The highest BCUT2D eigenvalue weighted by atomic mass is 16.5. The van der Waals surface area contributed by atoms with Gasteiger partial charge < -0.3 is 14.6 Å². The molecule has 23 heavy (non-hydrogen) atoms. The van der Waals surface area contributed by atoms with Crippen LogP contribution in [0.4, 0.5) is 0 Å². The monoisotopic (exact) mass is 309 g/mol. The Balaban J connectivity index is 1.78. The fraction of sp³-hybridized carbons (Fsp3) is 0.222. The summed E-state index contributed by atoms with van der Waals surface area (Å²) in [5.74, 6) is 1.72. The normalized spacial score (nSPS) is 10.7. The molecule has 1 aromatic heterocycles. The van der Waals surface area contributed by atoms with Gasteiger partial charge in [-0.05, 0) is 30.7 Å². The number of carbonyl (C=O) groups excluding carboxylic acids is 1. The number of hydrogen-bond donors (Lipinski definition) is 1. The summed E-state index contributed by atoms with van der Waals surface area (Å²) in [5.41, 5.74) is 3.08. The van der Waals surface area contributed by atoms with E-state index in [1.165, 1.54) is 0 Å². The Labute approximate surface area is 134 Å². The Morgan fingerprint density at radius 2 is 1.96 bits per heavy atom. The molecular formula is C18H19N3O2. The number of para-hydroxylation sites is 3. The van der Waals surface area contributed by atoms with Crippen LogP contribution in [0.2, 0.25) is 0 Å². The molecule has 118 valence electrons. The minimum absolute atomic E-state index is 0.405. The first kappa shape index (κ1) is 15.1. The highest BCUT2D eigenvalue weighted by Crippen LogP contribution is 2.18. The zero-order valence-corrected chi connectivity index (χ0v) is 13.0. The first-order chi connectivity index (χ1) is 11.3. The molecule has 1 amide bonds. The van der Waals surface area contributed by atoms with Gasteiger partial charge in [0.05, 0.1) is 24.1 Å². The van der Waals surface area contributed by atoms with Crippen LogP contribution in [0.5, 0.6) is 5.75 Å². The SMILES string of the molecule is Cc1ccccc1OCCn1c(CNC=O)nc2ccccc21. The molecule has 0 fully saturated rings. The lowest BCUT2D eigenvalue weighted by Crippen LogP contribution is -2.17. The van der Waals surface area contributed by atoms with E-state index in [9.17, 15) is 4.79 Å². The third-order valence-electron chi connectivity index (χ3n) is 3.74. The largest absolute Gasteiger partial charge is 0.491 e. The van der Waals surface area contributed by atoms with Gasteiger partial charge in [0.25, 0.3) is 0 Å². The predicted octanol–water partition coefficient (Wildman–Crippen LogP) is 2.67. The van der Waals surface area contributed by atoms with Crippen molar-refractivity contribution in [1.82, 2.24) is 14.9 Å². The lowest BCUT2D eigenvalue weighted by molar-refractivity contribution is -0.109. The van der Waals surface area contributed by atoms with Crippen molar-refractivity contribution >= 4 is 17.4 Å². The van der Waals surface area contributed by atoms with Crippen LogP contribution in [0.25, 0.3) is 11.0 Å². The number of hydrogen-bond acceptors (Lipinski definition) is 3. The van der Waals surface area contributed by atoms with Crippen LogP contribution in [0.1, 0.15) is 11.4 Å². The van der Waals surface area contributed by atoms with E-state index in [0.29, 0.717) is 26.1 Å². The second-order valence-electron chi connectivity index (χ2n) is 5.28. The summed E-state index contributed by atoms with van der Waals surface area (Å²) in [6.07, 6.45) is 0.688. The van der Waals surface area contributed by atoms with Gasteiger partial charge in [-0.2, -0.15) is 0 Å². The molecule has 3 aromatic rings. The standard InChI is InChI=1S/C18H19N3O2/c1-14-6-2-5-9-17(14)23-11-10-21-16-8-4-3-7-15(16)20-18(21)12-19-13-22/h2-9,13H,10-12H2,1H3,(H,19,22). The maximum atomic E-state index is 10.6. The molecule has 0 saturated carbocycles. The minimum atomic E-state index is 0.405. The summed E-state index contributed by atoms with van der Waals surface area (Å²) in [6, 6.07) is 15.9. The van der Waals surface area contributed by atoms with Crippen LogP contribution >= 0.6 is 0 Å². The number of aromatic nitrogens is 2. The number of benzene rings is 2. The number of imidazole rings is 1. The average molecular weight is 309 g/mol. The fourth-order valence-electron chi connectivity index (χ4n) is 2.61. The number of rotatable bonds is 7. The van der Waals surface area contributed by atoms with Gasteiger partial charge in [-0.1, -0.05) is 30.3 Å². The molecule has 0 bridgehead atoms. The zero-order valence-electron chi connectivity index (χ0n) is 13.0. The number of ether oxygens (including phenoxy) is 1. The van der Waals surface area contributed by atoms with Crippen molar-refractivity contribution in [3.05, 3.63) is 59.9 Å². The number of nitrogens with one attached hydrogen (secondary N) is 1. The maximum absolute atomic E-state index is 10.6. The molecule has 0 atom stereocenters. The van der Waals surface area contributed by atoms with Gasteiger partial charge >= 0.3 is 0 Å². The Kier molecular flexibility index (Phi) is 4.57. The van der Waals surface area contributed by atoms with Gasteiger partial charge in [-0.15, -0.1) is 0 Å². The van der Waals surface area contributed by atoms with E-state index in [1.807, 2.05) is 55.5 Å². The van der Waals surface area contributed by atoms with Crippen molar-refractivity contribution in [2.45, 2.75) is 20.0 Å². The summed E-state index contributed by atoms with van der Waals surface area (Å²) in [4.78, 5) is 15.1. The van der Waals surface area contributed by atoms with Crippen LogP contribution in [0.15, 0.2) is 48.5 Å². The first-order valence-electron chi connectivity index (χ1n) is 7.59.